The second kappa shape index (κ2) is 10.1. The minimum atomic E-state index is -0.719. The van der Waals surface area contributed by atoms with Crippen LogP contribution in [0.15, 0.2) is 48.5 Å². The van der Waals surface area contributed by atoms with Crippen molar-refractivity contribution in [2.75, 3.05) is 23.5 Å². The molecule has 3 amide bonds. The SMILES string of the molecule is COc1ccc(N2C[C@H](C(=O)Oc3ccc(N4C(=O)c5c(Cl)c(Cl)c(Cl)c(Cl)c5C4=O)cc3)CC2=O)cc1. The number of hydrogen-bond acceptors (Lipinski definition) is 6. The first kappa shape index (κ1) is 26.3. The molecule has 0 saturated carbocycles. The number of rotatable bonds is 5. The van der Waals surface area contributed by atoms with E-state index < -0.39 is 23.7 Å². The number of halogens is 4. The van der Waals surface area contributed by atoms with Crippen molar-refractivity contribution in [3.05, 3.63) is 79.7 Å². The third-order valence-corrected chi connectivity index (χ3v) is 8.06. The van der Waals surface area contributed by atoms with Crippen LogP contribution in [0, 0.1) is 5.92 Å². The molecule has 12 heteroatoms. The number of nitrogens with zero attached hydrogens (tertiary/aromatic N) is 2. The highest BCUT2D eigenvalue weighted by molar-refractivity contribution is 6.56. The summed E-state index contributed by atoms with van der Waals surface area (Å²) in [7, 11) is 1.55. The molecule has 0 unspecified atom stereocenters. The Bertz CT molecular complexity index is 1460. The summed E-state index contributed by atoms with van der Waals surface area (Å²) in [5.74, 6) is -2.06. The number of methoxy groups -OCH3 is 1. The second-order valence-corrected chi connectivity index (χ2v) is 9.98. The van der Waals surface area contributed by atoms with Gasteiger partial charge in [0, 0.05) is 18.7 Å². The van der Waals surface area contributed by atoms with Crippen molar-refractivity contribution in [2.45, 2.75) is 6.42 Å². The molecule has 0 N–H and O–H groups in total. The molecule has 1 fully saturated rings. The molecule has 0 radical (unpaired) electrons. The highest BCUT2D eigenvalue weighted by Gasteiger charge is 2.42. The smallest absolute Gasteiger partial charge is 0.316 e. The molecule has 8 nitrogen and oxygen atoms in total. The Morgan fingerprint density at radius 3 is 1.79 bits per heavy atom. The summed E-state index contributed by atoms with van der Waals surface area (Å²) >= 11 is 24.5. The van der Waals surface area contributed by atoms with Crippen LogP contribution >= 0.6 is 46.4 Å². The maximum atomic E-state index is 13.0. The van der Waals surface area contributed by atoms with Crippen molar-refractivity contribution in [1.29, 1.82) is 0 Å². The average Bonchev–Trinajstić information content (AvgIpc) is 3.43. The molecule has 1 atom stereocenters. The predicted octanol–water partition coefficient (Wildman–Crippen LogP) is 6.07. The Kier molecular flexibility index (Phi) is 7.00. The summed E-state index contributed by atoms with van der Waals surface area (Å²) in [5.41, 5.74) is 0.564. The molecule has 3 aromatic carbocycles. The molecule has 2 aliphatic heterocycles. The number of hydrogen-bond donors (Lipinski definition) is 0. The van der Waals surface area contributed by atoms with Crippen LogP contribution in [-0.4, -0.2) is 37.3 Å². The van der Waals surface area contributed by atoms with E-state index in [1.54, 1.807) is 31.4 Å². The molecule has 2 aliphatic rings. The Balaban J connectivity index is 1.29. The molecule has 0 aliphatic carbocycles. The molecule has 1 saturated heterocycles. The number of esters is 1. The number of amides is 3. The first-order valence-corrected chi connectivity index (χ1v) is 12.6. The standard InChI is InChI=1S/C26H16Cl4N2O6/c1-37-15-6-2-13(3-7-15)31-11-12(10-17(31)33)26(36)38-16-8-4-14(5-9-16)32-24(34)18-19(25(32)35)21(28)23(30)22(29)20(18)27/h2-9,12H,10-11H2,1H3/t12-/m1/s1. The van der Waals surface area contributed by atoms with E-state index in [4.69, 9.17) is 55.9 Å². The van der Waals surface area contributed by atoms with E-state index in [1.807, 2.05) is 0 Å². The van der Waals surface area contributed by atoms with Crippen LogP contribution in [0.3, 0.4) is 0 Å². The van der Waals surface area contributed by atoms with E-state index in [0.29, 0.717) is 11.4 Å². The first-order chi connectivity index (χ1) is 18.1. The Labute approximate surface area is 236 Å². The molecule has 0 spiro atoms. The second-order valence-electron chi connectivity index (χ2n) is 8.47. The largest absolute Gasteiger partial charge is 0.497 e. The molecule has 2 heterocycles. The van der Waals surface area contributed by atoms with Crippen LogP contribution in [-0.2, 0) is 9.59 Å². The van der Waals surface area contributed by atoms with E-state index in [1.165, 1.54) is 29.2 Å². The Morgan fingerprint density at radius 2 is 1.26 bits per heavy atom. The highest BCUT2D eigenvalue weighted by Crippen LogP contribution is 2.45. The van der Waals surface area contributed by atoms with Crippen LogP contribution in [0.4, 0.5) is 11.4 Å². The van der Waals surface area contributed by atoms with Crippen molar-refractivity contribution in [1.82, 2.24) is 0 Å². The van der Waals surface area contributed by atoms with Gasteiger partial charge in [0.15, 0.2) is 0 Å². The monoisotopic (exact) mass is 592 g/mol. The number of benzene rings is 3. The fourth-order valence-corrected chi connectivity index (χ4v) is 5.34. The maximum Gasteiger partial charge on any atom is 0.316 e. The molecule has 3 aromatic rings. The lowest BCUT2D eigenvalue weighted by atomic mass is 10.1. The quantitative estimate of drug-likeness (QED) is 0.117. The zero-order valence-electron chi connectivity index (χ0n) is 19.5. The van der Waals surface area contributed by atoms with Gasteiger partial charge in [-0.3, -0.25) is 19.2 Å². The van der Waals surface area contributed by atoms with E-state index in [0.717, 1.165) is 4.90 Å². The summed E-state index contributed by atoms with van der Waals surface area (Å²) in [6, 6.07) is 12.7. The molecule has 5 rings (SSSR count). The summed E-state index contributed by atoms with van der Waals surface area (Å²) in [6.45, 7) is 0.170. The number of ether oxygens (including phenoxy) is 2. The first-order valence-electron chi connectivity index (χ1n) is 11.1. The van der Waals surface area contributed by atoms with E-state index in [2.05, 4.69) is 0 Å². The summed E-state index contributed by atoms with van der Waals surface area (Å²) in [6.07, 6.45) is 0.00459. The Hall–Kier alpha value is -3.30. The molecule has 38 heavy (non-hydrogen) atoms. The van der Waals surface area contributed by atoms with Gasteiger partial charge in [0.25, 0.3) is 11.8 Å². The molecule has 0 bridgehead atoms. The zero-order valence-corrected chi connectivity index (χ0v) is 22.5. The number of carbonyl (C=O) groups is 4. The minimum absolute atomic E-state index is 0.00459. The number of carbonyl (C=O) groups excluding carboxylic acids is 4. The third kappa shape index (κ3) is 4.37. The van der Waals surface area contributed by atoms with Crippen molar-refractivity contribution < 1.29 is 28.7 Å². The summed E-state index contributed by atoms with van der Waals surface area (Å²) in [5, 5.41) is -0.592. The van der Waals surface area contributed by atoms with Gasteiger partial charge in [-0.1, -0.05) is 46.4 Å². The highest BCUT2D eigenvalue weighted by atomic mass is 35.5. The maximum absolute atomic E-state index is 13.0. The van der Waals surface area contributed by atoms with Crippen molar-refractivity contribution >= 4 is 81.5 Å². The lowest BCUT2D eigenvalue weighted by Gasteiger charge is -2.17. The lowest BCUT2D eigenvalue weighted by Crippen LogP contribution is -2.29. The van der Waals surface area contributed by atoms with Gasteiger partial charge < -0.3 is 14.4 Å². The van der Waals surface area contributed by atoms with Gasteiger partial charge in [-0.2, -0.15) is 0 Å². The number of fused-ring (bicyclic) bond motifs is 1. The van der Waals surface area contributed by atoms with Gasteiger partial charge in [0.2, 0.25) is 5.91 Å². The lowest BCUT2D eigenvalue weighted by molar-refractivity contribution is -0.139. The van der Waals surface area contributed by atoms with Gasteiger partial charge in [-0.15, -0.1) is 0 Å². The van der Waals surface area contributed by atoms with Crippen molar-refractivity contribution in [3.8, 4) is 11.5 Å². The average molecular weight is 594 g/mol. The van der Waals surface area contributed by atoms with Crippen LogP contribution in [0.2, 0.25) is 20.1 Å². The zero-order chi connectivity index (χ0) is 27.3. The summed E-state index contributed by atoms with van der Waals surface area (Å²) in [4.78, 5) is 53.7. The van der Waals surface area contributed by atoms with E-state index in [9.17, 15) is 19.2 Å². The van der Waals surface area contributed by atoms with Crippen LogP contribution < -0.4 is 19.3 Å². The Morgan fingerprint density at radius 1 is 0.763 bits per heavy atom. The van der Waals surface area contributed by atoms with Crippen LogP contribution in [0.5, 0.6) is 11.5 Å². The van der Waals surface area contributed by atoms with E-state index >= 15 is 0 Å². The molecular weight excluding hydrogens is 578 g/mol. The summed E-state index contributed by atoms with van der Waals surface area (Å²) < 4.78 is 10.6. The molecular formula is C26H16Cl4N2O6. The topological polar surface area (TPSA) is 93.2 Å². The van der Waals surface area contributed by atoms with Gasteiger partial charge in [0.05, 0.1) is 49.9 Å². The van der Waals surface area contributed by atoms with Gasteiger partial charge in [-0.25, -0.2) is 4.90 Å². The number of imide groups is 1. The van der Waals surface area contributed by atoms with Crippen LogP contribution in [0.25, 0.3) is 0 Å². The van der Waals surface area contributed by atoms with Crippen molar-refractivity contribution in [2.24, 2.45) is 5.92 Å². The van der Waals surface area contributed by atoms with Gasteiger partial charge in [-0.05, 0) is 48.5 Å². The van der Waals surface area contributed by atoms with Crippen molar-refractivity contribution in [3.63, 3.8) is 0 Å². The van der Waals surface area contributed by atoms with Gasteiger partial charge >= 0.3 is 5.97 Å². The fraction of sp³-hybridized carbons (Fsp3) is 0.154. The third-order valence-electron chi connectivity index (χ3n) is 6.26. The normalized spacial score (nSPS) is 16.8. The number of anilines is 2. The minimum Gasteiger partial charge on any atom is -0.497 e. The van der Waals surface area contributed by atoms with Crippen LogP contribution in [0.1, 0.15) is 27.1 Å². The van der Waals surface area contributed by atoms with E-state index in [-0.39, 0.29) is 61.5 Å². The molecule has 194 valence electrons. The molecule has 0 aromatic heterocycles. The fourth-order valence-electron chi connectivity index (χ4n) is 4.32. The van der Waals surface area contributed by atoms with Gasteiger partial charge in [0.1, 0.15) is 11.5 Å². The predicted molar refractivity (Wildman–Crippen MR) is 143 cm³/mol.